The first-order valence-corrected chi connectivity index (χ1v) is 8.60. The molecule has 0 aliphatic rings. The van der Waals surface area contributed by atoms with Crippen LogP contribution >= 0.6 is 0 Å². The van der Waals surface area contributed by atoms with E-state index in [-0.39, 0.29) is 17.6 Å². The molecule has 8 heteroatoms. The highest BCUT2D eigenvalue weighted by atomic mass is 19.4. The number of aromatic nitrogens is 2. The van der Waals surface area contributed by atoms with Crippen LogP contribution in [0.2, 0.25) is 0 Å². The van der Waals surface area contributed by atoms with Gasteiger partial charge in [-0.2, -0.15) is 13.2 Å². The molecule has 0 saturated carbocycles. The molecule has 1 heterocycles. The molecule has 5 nitrogen and oxygen atoms in total. The zero-order chi connectivity index (χ0) is 20.5. The number of hydrogen-bond acceptors (Lipinski definition) is 3. The van der Waals surface area contributed by atoms with E-state index in [1.54, 1.807) is 6.07 Å². The summed E-state index contributed by atoms with van der Waals surface area (Å²) in [6.07, 6.45) is -4.92. The van der Waals surface area contributed by atoms with Gasteiger partial charge in [0.1, 0.15) is 6.04 Å². The van der Waals surface area contributed by atoms with Gasteiger partial charge in [0.25, 0.3) is 5.56 Å². The molecule has 0 radical (unpaired) electrons. The molecule has 2 aromatic carbocycles. The third-order valence-electron chi connectivity index (χ3n) is 4.38. The molecule has 3 aromatic rings. The Labute approximate surface area is 158 Å². The number of rotatable bonds is 4. The van der Waals surface area contributed by atoms with Crippen LogP contribution in [-0.2, 0) is 17.5 Å². The van der Waals surface area contributed by atoms with E-state index in [0.29, 0.717) is 0 Å². The Hall–Kier alpha value is -3.16. The van der Waals surface area contributed by atoms with Gasteiger partial charge in [-0.3, -0.25) is 14.2 Å². The fraction of sp³-hybridized carbons (Fsp3) is 0.250. The third kappa shape index (κ3) is 3.90. The van der Waals surface area contributed by atoms with Crippen molar-refractivity contribution in [2.75, 3.05) is 0 Å². The maximum Gasteiger partial charge on any atom is 0.438 e. The molecule has 28 heavy (non-hydrogen) atoms. The average molecular weight is 389 g/mol. The smallest absolute Gasteiger partial charge is 0.350 e. The normalized spacial score (nSPS) is 12.8. The van der Waals surface area contributed by atoms with E-state index in [0.717, 1.165) is 15.7 Å². The summed E-state index contributed by atoms with van der Waals surface area (Å²) in [5, 5.41) is 2.67. The third-order valence-corrected chi connectivity index (χ3v) is 4.38. The summed E-state index contributed by atoms with van der Waals surface area (Å²) in [5.41, 5.74) is -0.852. The predicted molar refractivity (Wildman–Crippen MR) is 98.7 cm³/mol. The SMILES string of the molecule is Cc1cccc(CNC(=O)[C@H](C)n2c(=O)c(C(F)(F)F)nc3ccccc32)c1. The minimum absolute atomic E-state index is 0.00670. The number of para-hydroxylation sites is 2. The Morgan fingerprint density at radius 2 is 1.89 bits per heavy atom. The number of benzene rings is 2. The van der Waals surface area contributed by atoms with Crippen LogP contribution in [0.5, 0.6) is 0 Å². The van der Waals surface area contributed by atoms with Gasteiger partial charge in [-0.25, -0.2) is 4.98 Å². The van der Waals surface area contributed by atoms with Crippen LogP contribution in [0, 0.1) is 6.92 Å². The maximum atomic E-state index is 13.3. The van der Waals surface area contributed by atoms with E-state index < -0.39 is 29.4 Å². The molecule has 0 aliphatic heterocycles. The second-order valence-corrected chi connectivity index (χ2v) is 6.50. The lowest BCUT2D eigenvalue weighted by Crippen LogP contribution is -2.38. The van der Waals surface area contributed by atoms with Gasteiger partial charge in [-0.1, -0.05) is 42.0 Å². The monoisotopic (exact) mass is 389 g/mol. The van der Waals surface area contributed by atoms with Crippen LogP contribution in [0.25, 0.3) is 11.0 Å². The summed E-state index contributed by atoms with van der Waals surface area (Å²) in [6, 6.07) is 12.3. The van der Waals surface area contributed by atoms with Gasteiger partial charge in [0, 0.05) is 6.54 Å². The van der Waals surface area contributed by atoms with Gasteiger partial charge in [-0.15, -0.1) is 0 Å². The molecule has 3 rings (SSSR count). The second kappa shape index (κ2) is 7.46. The van der Waals surface area contributed by atoms with Gasteiger partial charge < -0.3 is 5.32 Å². The van der Waals surface area contributed by atoms with Crippen LogP contribution in [0.1, 0.15) is 29.8 Å². The van der Waals surface area contributed by atoms with Gasteiger partial charge in [-0.05, 0) is 31.5 Å². The highest BCUT2D eigenvalue weighted by Gasteiger charge is 2.38. The summed E-state index contributed by atoms with van der Waals surface area (Å²) in [5.74, 6) is -0.562. The number of alkyl halides is 3. The van der Waals surface area contributed by atoms with E-state index in [2.05, 4.69) is 10.3 Å². The van der Waals surface area contributed by atoms with Crippen LogP contribution in [0.15, 0.2) is 53.3 Å². The lowest BCUT2D eigenvalue weighted by molar-refractivity contribution is -0.142. The highest BCUT2D eigenvalue weighted by molar-refractivity contribution is 5.83. The Morgan fingerprint density at radius 3 is 2.57 bits per heavy atom. The zero-order valence-electron chi connectivity index (χ0n) is 15.2. The van der Waals surface area contributed by atoms with E-state index in [1.807, 2.05) is 31.2 Å². The first-order valence-electron chi connectivity index (χ1n) is 8.60. The van der Waals surface area contributed by atoms with Crippen molar-refractivity contribution < 1.29 is 18.0 Å². The molecule has 0 bridgehead atoms. The van der Waals surface area contributed by atoms with Crippen LogP contribution < -0.4 is 10.9 Å². The zero-order valence-corrected chi connectivity index (χ0v) is 15.2. The molecule has 0 unspecified atom stereocenters. The first-order chi connectivity index (χ1) is 13.2. The number of nitrogens with one attached hydrogen (secondary N) is 1. The molecule has 0 aliphatic carbocycles. The summed E-state index contributed by atoms with van der Waals surface area (Å²) >= 11 is 0. The van der Waals surface area contributed by atoms with Crippen molar-refractivity contribution in [1.82, 2.24) is 14.9 Å². The number of fused-ring (bicyclic) bond motifs is 1. The summed E-state index contributed by atoms with van der Waals surface area (Å²) in [4.78, 5) is 28.5. The Bertz CT molecular complexity index is 1090. The van der Waals surface area contributed by atoms with Crippen molar-refractivity contribution in [1.29, 1.82) is 0 Å². The number of hydrogen-bond donors (Lipinski definition) is 1. The first kappa shape index (κ1) is 19.6. The Morgan fingerprint density at radius 1 is 1.18 bits per heavy atom. The van der Waals surface area contributed by atoms with Crippen molar-refractivity contribution in [3.05, 3.63) is 75.7 Å². The van der Waals surface area contributed by atoms with E-state index in [1.165, 1.54) is 25.1 Å². The lowest BCUT2D eigenvalue weighted by atomic mass is 10.1. The molecule has 1 N–H and O–H groups in total. The van der Waals surface area contributed by atoms with Crippen molar-refractivity contribution in [3.63, 3.8) is 0 Å². The standard InChI is InChI=1S/C20H18F3N3O2/c1-12-6-5-7-14(10-12)11-24-18(27)13(2)26-16-9-4-3-8-15(16)25-17(19(26)28)20(21,22)23/h3-10,13H,11H2,1-2H3,(H,24,27)/t13-/m0/s1. The number of carbonyl (C=O) groups excluding carboxylic acids is 1. The fourth-order valence-corrected chi connectivity index (χ4v) is 3.00. The molecule has 1 atom stereocenters. The number of nitrogens with zero attached hydrogens (tertiary/aromatic N) is 2. The van der Waals surface area contributed by atoms with E-state index in [9.17, 15) is 22.8 Å². The minimum Gasteiger partial charge on any atom is -0.350 e. The van der Waals surface area contributed by atoms with Crippen molar-refractivity contribution >= 4 is 16.9 Å². The number of carbonyl (C=O) groups is 1. The number of amides is 1. The van der Waals surface area contributed by atoms with Crippen LogP contribution in [-0.4, -0.2) is 15.5 Å². The van der Waals surface area contributed by atoms with Gasteiger partial charge in [0.05, 0.1) is 11.0 Å². The quantitative estimate of drug-likeness (QED) is 0.742. The van der Waals surface area contributed by atoms with Gasteiger partial charge in [0.15, 0.2) is 0 Å². The van der Waals surface area contributed by atoms with E-state index >= 15 is 0 Å². The van der Waals surface area contributed by atoms with Crippen LogP contribution in [0.3, 0.4) is 0 Å². The van der Waals surface area contributed by atoms with E-state index in [4.69, 9.17) is 0 Å². The Kier molecular flexibility index (Phi) is 5.22. The molecular formula is C20H18F3N3O2. The largest absolute Gasteiger partial charge is 0.438 e. The predicted octanol–water partition coefficient (Wildman–Crippen LogP) is 3.60. The summed E-state index contributed by atoms with van der Waals surface area (Å²) < 4.78 is 40.6. The van der Waals surface area contributed by atoms with Crippen molar-refractivity contribution in [2.24, 2.45) is 0 Å². The number of halogens is 3. The van der Waals surface area contributed by atoms with Gasteiger partial charge in [0.2, 0.25) is 11.6 Å². The summed E-state index contributed by atoms with van der Waals surface area (Å²) in [6.45, 7) is 3.50. The summed E-state index contributed by atoms with van der Waals surface area (Å²) in [7, 11) is 0. The second-order valence-electron chi connectivity index (χ2n) is 6.50. The average Bonchev–Trinajstić information content (AvgIpc) is 2.64. The maximum absolute atomic E-state index is 13.3. The number of aryl methyl sites for hydroxylation is 1. The van der Waals surface area contributed by atoms with Crippen LogP contribution in [0.4, 0.5) is 13.2 Å². The molecule has 0 spiro atoms. The molecule has 146 valence electrons. The molecule has 0 fully saturated rings. The van der Waals surface area contributed by atoms with Gasteiger partial charge >= 0.3 is 6.18 Å². The Balaban J connectivity index is 1.98. The molecule has 1 amide bonds. The molecule has 1 aromatic heterocycles. The minimum atomic E-state index is -4.92. The lowest BCUT2D eigenvalue weighted by Gasteiger charge is -2.19. The molecular weight excluding hydrogens is 371 g/mol. The topological polar surface area (TPSA) is 64.0 Å². The van der Waals surface area contributed by atoms with Crippen molar-refractivity contribution in [3.8, 4) is 0 Å². The highest BCUT2D eigenvalue weighted by Crippen LogP contribution is 2.27. The van der Waals surface area contributed by atoms with Crippen molar-refractivity contribution in [2.45, 2.75) is 32.6 Å². The molecule has 0 saturated heterocycles. The fourth-order valence-electron chi connectivity index (χ4n) is 3.00.